The Bertz CT molecular complexity index is 1150. The van der Waals surface area contributed by atoms with Gasteiger partial charge in [0.2, 0.25) is 11.6 Å². The second kappa shape index (κ2) is 7.81. The highest BCUT2D eigenvalue weighted by Gasteiger charge is 2.26. The average molecular weight is 402 g/mol. The van der Waals surface area contributed by atoms with E-state index in [1.807, 2.05) is 35.2 Å². The molecule has 0 N–H and O–H groups in total. The summed E-state index contributed by atoms with van der Waals surface area (Å²) in [6.07, 6.45) is 1.55. The summed E-state index contributed by atoms with van der Waals surface area (Å²) in [6, 6.07) is 15.5. The highest BCUT2D eigenvalue weighted by molar-refractivity contribution is 5.55. The van der Waals surface area contributed by atoms with Crippen molar-refractivity contribution in [1.29, 1.82) is 5.26 Å². The second-order valence-corrected chi connectivity index (χ2v) is 6.87. The van der Waals surface area contributed by atoms with Crippen LogP contribution < -0.4 is 4.90 Å². The van der Waals surface area contributed by atoms with Gasteiger partial charge in [-0.1, -0.05) is 18.2 Å². The third-order valence-electron chi connectivity index (χ3n) is 5.01. The van der Waals surface area contributed by atoms with Crippen molar-refractivity contribution in [2.45, 2.75) is 6.54 Å². The van der Waals surface area contributed by atoms with E-state index in [0.29, 0.717) is 37.2 Å². The molecule has 0 atom stereocenters. The van der Waals surface area contributed by atoms with E-state index in [1.165, 1.54) is 0 Å². The van der Waals surface area contributed by atoms with Gasteiger partial charge < -0.3 is 13.7 Å². The van der Waals surface area contributed by atoms with Gasteiger partial charge >= 0.3 is 0 Å². The molecule has 5 rings (SSSR count). The summed E-state index contributed by atoms with van der Waals surface area (Å²) in [5.41, 5.74) is 1.20. The molecule has 0 radical (unpaired) electrons. The van der Waals surface area contributed by atoms with Crippen LogP contribution in [0.15, 0.2) is 57.6 Å². The highest BCUT2D eigenvalue weighted by Crippen LogP contribution is 2.29. The fourth-order valence-electron chi connectivity index (χ4n) is 3.49. The maximum atomic E-state index is 9.46. The van der Waals surface area contributed by atoms with Crippen molar-refractivity contribution in [1.82, 2.24) is 30.1 Å². The van der Waals surface area contributed by atoms with Gasteiger partial charge in [-0.15, -0.1) is 5.10 Å². The normalized spacial score (nSPS) is 14.7. The Morgan fingerprint density at radius 1 is 1.03 bits per heavy atom. The lowest BCUT2D eigenvalue weighted by Crippen LogP contribution is -2.46. The Morgan fingerprint density at radius 3 is 2.60 bits per heavy atom. The van der Waals surface area contributed by atoms with Crippen LogP contribution in [0.5, 0.6) is 0 Å². The van der Waals surface area contributed by atoms with Gasteiger partial charge in [-0.05, 0) is 34.7 Å². The smallest absolute Gasteiger partial charge is 0.266 e. The summed E-state index contributed by atoms with van der Waals surface area (Å²) in [6.45, 7) is 3.60. The number of piperazine rings is 1. The minimum absolute atomic E-state index is 0.267. The number of furan rings is 1. The van der Waals surface area contributed by atoms with Gasteiger partial charge in [-0.25, -0.2) is 0 Å². The topological polar surface area (TPSA) is 113 Å². The molecule has 4 aromatic rings. The van der Waals surface area contributed by atoms with Gasteiger partial charge in [0, 0.05) is 26.2 Å². The summed E-state index contributed by atoms with van der Waals surface area (Å²) in [5, 5.41) is 21.6. The minimum atomic E-state index is 0.267. The van der Waals surface area contributed by atoms with Crippen LogP contribution in [0.1, 0.15) is 11.5 Å². The molecular formula is C20H18N8O2. The number of oxazole rings is 1. The van der Waals surface area contributed by atoms with E-state index in [0.717, 1.165) is 24.6 Å². The maximum absolute atomic E-state index is 9.46. The molecule has 0 saturated carbocycles. The van der Waals surface area contributed by atoms with Gasteiger partial charge in [0.25, 0.3) is 5.89 Å². The fourth-order valence-corrected chi connectivity index (χ4v) is 3.49. The van der Waals surface area contributed by atoms with E-state index >= 15 is 0 Å². The van der Waals surface area contributed by atoms with Crippen molar-refractivity contribution in [2.75, 3.05) is 31.1 Å². The molecule has 3 aromatic heterocycles. The third kappa shape index (κ3) is 3.42. The van der Waals surface area contributed by atoms with E-state index in [9.17, 15) is 5.26 Å². The van der Waals surface area contributed by atoms with Crippen LogP contribution in [0.25, 0.3) is 17.3 Å². The van der Waals surface area contributed by atoms with E-state index in [1.54, 1.807) is 23.1 Å². The number of anilines is 1. The van der Waals surface area contributed by atoms with Crippen LogP contribution in [-0.4, -0.2) is 56.3 Å². The molecule has 1 aliphatic heterocycles. The Kier molecular flexibility index (Phi) is 4.71. The lowest BCUT2D eigenvalue weighted by atomic mass is 10.3. The van der Waals surface area contributed by atoms with Gasteiger partial charge in [-0.3, -0.25) is 4.90 Å². The molecule has 1 aromatic carbocycles. The molecule has 30 heavy (non-hydrogen) atoms. The molecule has 0 bridgehead atoms. The van der Waals surface area contributed by atoms with Crippen LogP contribution in [-0.2, 0) is 6.54 Å². The van der Waals surface area contributed by atoms with Crippen LogP contribution in [0.4, 0.5) is 5.88 Å². The predicted molar refractivity (Wildman–Crippen MR) is 106 cm³/mol. The quantitative estimate of drug-likeness (QED) is 0.495. The van der Waals surface area contributed by atoms with E-state index < -0.39 is 0 Å². The van der Waals surface area contributed by atoms with Gasteiger partial charge in [0.05, 0.1) is 18.5 Å². The highest BCUT2D eigenvalue weighted by atomic mass is 16.4. The van der Waals surface area contributed by atoms with Crippen LogP contribution in [0, 0.1) is 11.3 Å². The molecule has 0 amide bonds. The monoisotopic (exact) mass is 402 g/mol. The maximum Gasteiger partial charge on any atom is 0.266 e. The largest absolute Gasteiger partial charge is 0.459 e. The molecule has 10 nitrogen and oxygen atoms in total. The minimum Gasteiger partial charge on any atom is -0.459 e. The first kappa shape index (κ1) is 18.1. The molecular weight excluding hydrogens is 384 g/mol. The summed E-state index contributed by atoms with van der Waals surface area (Å²) in [5.74, 6) is 2.09. The lowest BCUT2D eigenvalue weighted by molar-refractivity contribution is 0.238. The van der Waals surface area contributed by atoms with Gasteiger partial charge in [0.15, 0.2) is 11.6 Å². The number of para-hydroxylation sites is 1. The SMILES string of the molecule is N#Cc1nc(-c2ccco2)oc1N1CCN(Cc2nnnn2-c2ccccc2)CC1. The molecule has 1 saturated heterocycles. The number of hydrogen-bond acceptors (Lipinski definition) is 9. The fraction of sp³-hybridized carbons (Fsp3) is 0.250. The number of nitriles is 1. The van der Waals surface area contributed by atoms with E-state index in [4.69, 9.17) is 8.83 Å². The van der Waals surface area contributed by atoms with Gasteiger partial charge in [-0.2, -0.15) is 14.9 Å². The summed E-state index contributed by atoms with van der Waals surface area (Å²) < 4.78 is 12.9. The molecule has 0 spiro atoms. The van der Waals surface area contributed by atoms with Crippen molar-refractivity contribution < 1.29 is 8.83 Å². The first-order valence-corrected chi connectivity index (χ1v) is 9.56. The van der Waals surface area contributed by atoms with E-state index in [2.05, 4.69) is 31.5 Å². The van der Waals surface area contributed by atoms with Crippen LogP contribution in [0.3, 0.4) is 0 Å². The summed E-state index contributed by atoms with van der Waals surface area (Å²) in [7, 11) is 0. The first-order chi connectivity index (χ1) is 14.8. The zero-order valence-electron chi connectivity index (χ0n) is 16.0. The Morgan fingerprint density at radius 2 is 1.87 bits per heavy atom. The lowest BCUT2D eigenvalue weighted by Gasteiger charge is -2.34. The van der Waals surface area contributed by atoms with Crippen molar-refractivity contribution in [3.63, 3.8) is 0 Å². The molecule has 1 aliphatic rings. The molecule has 150 valence electrons. The molecule has 10 heteroatoms. The Balaban J connectivity index is 1.27. The molecule has 0 aliphatic carbocycles. The number of benzene rings is 1. The molecule has 0 unspecified atom stereocenters. The number of nitrogens with zero attached hydrogens (tertiary/aromatic N) is 8. The summed E-state index contributed by atoms with van der Waals surface area (Å²) in [4.78, 5) is 8.58. The predicted octanol–water partition coefficient (Wildman–Crippen LogP) is 2.10. The van der Waals surface area contributed by atoms with Crippen molar-refractivity contribution in [3.8, 4) is 23.4 Å². The Labute approximate surface area is 171 Å². The average Bonchev–Trinajstić information content (AvgIpc) is 3.55. The van der Waals surface area contributed by atoms with Crippen molar-refractivity contribution >= 4 is 5.88 Å². The standard InChI is InChI=1S/C20H18N8O2/c21-13-16-20(30-19(22-16)17-7-4-12-29-17)27-10-8-26(9-11-27)14-18-23-24-25-28(18)15-5-2-1-3-6-15/h1-7,12H,8-11,14H2. The Hall–Kier alpha value is -3.97. The molecule has 1 fully saturated rings. The van der Waals surface area contributed by atoms with E-state index in [-0.39, 0.29) is 5.69 Å². The summed E-state index contributed by atoms with van der Waals surface area (Å²) >= 11 is 0. The first-order valence-electron chi connectivity index (χ1n) is 9.56. The zero-order valence-corrected chi connectivity index (χ0v) is 16.0. The van der Waals surface area contributed by atoms with Gasteiger partial charge in [0.1, 0.15) is 6.07 Å². The third-order valence-corrected chi connectivity index (χ3v) is 5.01. The van der Waals surface area contributed by atoms with Crippen LogP contribution >= 0.6 is 0 Å². The number of rotatable bonds is 5. The zero-order chi connectivity index (χ0) is 20.3. The van der Waals surface area contributed by atoms with Crippen molar-refractivity contribution in [3.05, 3.63) is 60.2 Å². The second-order valence-electron chi connectivity index (χ2n) is 6.87. The number of aromatic nitrogens is 5. The number of hydrogen-bond donors (Lipinski definition) is 0. The molecule has 4 heterocycles. The number of tetrazole rings is 1. The van der Waals surface area contributed by atoms with Crippen LogP contribution in [0.2, 0.25) is 0 Å². The van der Waals surface area contributed by atoms with Crippen molar-refractivity contribution in [2.24, 2.45) is 0 Å².